The van der Waals surface area contributed by atoms with Crippen molar-refractivity contribution >= 4 is 32.6 Å². The molecule has 0 bridgehead atoms. The van der Waals surface area contributed by atoms with Crippen molar-refractivity contribution in [3.63, 3.8) is 0 Å². The van der Waals surface area contributed by atoms with E-state index in [1.807, 2.05) is 24.3 Å². The van der Waals surface area contributed by atoms with Gasteiger partial charge in [0.25, 0.3) is 0 Å². The van der Waals surface area contributed by atoms with Gasteiger partial charge in [-0.1, -0.05) is 29.5 Å². The molecule has 3 heterocycles. The second kappa shape index (κ2) is 7.53. The predicted octanol–water partition coefficient (Wildman–Crippen LogP) is 2.22. The highest BCUT2D eigenvalue weighted by molar-refractivity contribution is 7.92. The summed E-state index contributed by atoms with van der Waals surface area (Å²) in [6, 6.07) is 7.94. The smallest absolute Gasteiger partial charge is 0.232 e. The monoisotopic (exact) mass is 441 g/mol. The van der Waals surface area contributed by atoms with Crippen molar-refractivity contribution in [2.75, 3.05) is 37.5 Å². The summed E-state index contributed by atoms with van der Waals surface area (Å²) in [5.74, 6) is 1.58. The molecule has 1 aliphatic heterocycles. The number of sulfone groups is 1. The molecule has 2 aliphatic rings. The van der Waals surface area contributed by atoms with Crippen LogP contribution in [0.15, 0.2) is 40.9 Å². The molecule has 1 aromatic carbocycles. The summed E-state index contributed by atoms with van der Waals surface area (Å²) in [5, 5.41) is 8.47. The van der Waals surface area contributed by atoms with Crippen molar-refractivity contribution in [3.05, 3.63) is 53.5 Å². The first-order valence-corrected chi connectivity index (χ1v) is 12.2. The molecule has 0 spiro atoms. The fourth-order valence-corrected chi connectivity index (χ4v) is 5.20. The SMILES string of the molecule is CS(=O)(=O)c1nnc(-c2ccc3c(c2)C(c2nccc(N4CCOCC4)n2)=CC3)s1. The number of ether oxygens (including phenoxy) is 1. The van der Waals surface area contributed by atoms with Crippen molar-refractivity contribution in [3.8, 4) is 10.6 Å². The Labute approximate surface area is 178 Å². The molecule has 1 aliphatic carbocycles. The highest BCUT2D eigenvalue weighted by atomic mass is 32.2. The van der Waals surface area contributed by atoms with Crippen LogP contribution in [0.3, 0.4) is 0 Å². The molecule has 1 saturated heterocycles. The Morgan fingerprint density at radius 1 is 1.13 bits per heavy atom. The summed E-state index contributed by atoms with van der Waals surface area (Å²) in [5.41, 5.74) is 4.04. The third-order valence-electron chi connectivity index (χ3n) is 5.11. The molecule has 0 radical (unpaired) electrons. The molecule has 0 unspecified atom stereocenters. The number of aromatic nitrogens is 4. The number of hydrogen-bond donors (Lipinski definition) is 0. The molecule has 0 N–H and O–H groups in total. The molecule has 30 heavy (non-hydrogen) atoms. The highest BCUT2D eigenvalue weighted by Gasteiger charge is 2.22. The van der Waals surface area contributed by atoms with E-state index >= 15 is 0 Å². The van der Waals surface area contributed by atoms with Crippen LogP contribution >= 0.6 is 11.3 Å². The van der Waals surface area contributed by atoms with Crippen LogP contribution in [0.2, 0.25) is 0 Å². The van der Waals surface area contributed by atoms with Crippen molar-refractivity contribution in [1.82, 2.24) is 20.2 Å². The first-order valence-electron chi connectivity index (χ1n) is 9.52. The molecule has 1 fully saturated rings. The van der Waals surface area contributed by atoms with Gasteiger partial charge in [0.05, 0.1) is 13.2 Å². The highest BCUT2D eigenvalue weighted by Crippen LogP contribution is 2.36. The van der Waals surface area contributed by atoms with Crippen molar-refractivity contribution in [2.45, 2.75) is 10.8 Å². The molecule has 2 aromatic heterocycles. The van der Waals surface area contributed by atoms with Gasteiger partial charge in [0.1, 0.15) is 10.8 Å². The Bertz CT molecular complexity index is 1250. The van der Waals surface area contributed by atoms with Crippen molar-refractivity contribution in [1.29, 1.82) is 0 Å². The van der Waals surface area contributed by atoms with E-state index in [0.29, 0.717) is 24.0 Å². The van der Waals surface area contributed by atoms with E-state index in [1.165, 1.54) is 5.56 Å². The molecule has 3 aromatic rings. The summed E-state index contributed by atoms with van der Waals surface area (Å²) in [7, 11) is -3.37. The predicted molar refractivity (Wildman–Crippen MR) is 114 cm³/mol. The Balaban J connectivity index is 1.48. The lowest BCUT2D eigenvalue weighted by Crippen LogP contribution is -2.36. The van der Waals surface area contributed by atoms with Gasteiger partial charge in [0.2, 0.25) is 14.2 Å². The average molecular weight is 442 g/mol. The molecule has 0 atom stereocenters. The maximum Gasteiger partial charge on any atom is 0.232 e. The summed E-state index contributed by atoms with van der Waals surface area (Å²) < 4.78 is 28.9. The number of rotatable bonds is 4. The second-order valence-electron chi connectivity index (χ2n) is 7.18. The van der Waals surface area contributed by atoms with Gasteiger partial charge < -0.3 is 9.64 Å². The Kier molecular flexibility index (Phi) is 4.84. The van der Waals surface area contributed by atoms with Gasteiger partial charge in [-0.15, -0.1) is 10.2 Å². The molecular formula is C20H19N5O3S2. The van der Waals surface area contributed by atoms with E-state index < -0.39 is 9.84 Å². The largest absolute Gasteiger partial charge is 0.378 e. The standard InChI is InChI=1S/C20H19N5O3S2/c1-30(26,27)20-24-23-19(29-20)14-3-2-13-4-5-15(16(13)12-14)18-21-7-6-17(22-18)25-8-10-28-11-9-25/h2-3,5-7,12H,4,8-11H2,1H3. The van der Waals surface area contributed by atoms with E-state index in [4.69, 9.17) is 9.72 Å². The van der Waals surface area contributed by atoms with Crippen LogP contribution in [0.1, 0.15) is 17.0 Å². The minimum absolute atomic E-state index is 0.0234. The molecule has 154 valence electrons. The Hall–Kier alpha value is -2.69. The topological polar surface area (TPSA) is 98.2 Å². The third kappa shape index (κ3) is 3.62. The van der Waals surface area contributed by atoms with Gasteiger partial charge in [0.15, 0.2) is 5.82 Å². The molecule has 5 rings (SSSR count). The number of fused-ring (bicyclic) bond motifs is 1. The van der Waals surface area contributed by atoms with E-state index in [9.17, 15) is 8.42 Å². The molecule has 0 saturated carbocycles. The van der Waals surface area contributed by atoms with Gasteiger partial charge >= 0.3 is 0 Å². The van der Waals surface area contributed by atoms with Gasteiger partial charge in [-0.3, -0.25) is 0 Å². The van der Waals surface area contributed by atoms with Crippen LogP contribution in [0.5, 0.6) is 0 Å². The molecule has 0 amide bonds. The first kappa shape index (κ1) is 19.3. The minimum atomic E-state index is -3.37. The zero-order valence-electron chi connectivity index (χ0n) is 16.3. The van der Waals surface area contributed by atoms with Gasteiger partial charge in [-0.2, -0.15) is 0 Å². The number of anilines is 1. The first-order chi connectivity index (χ1) is 14.5. The lowest BCUT2D eigenvalue weighted by Gasteiger charge is -2.27. The molecule has 8 nitrogen and oxygen atoms in total. The Morgan fingerprint density at radius 3 is 2.73 bits per heavy atom. The molecular weight excluding hydrogens is 422 g/mol. The van der Waals surface area contributed by atoms with E-state index in [1.54, 1.807) is 6.20 Å². The average Bonchev–Trinajstić information content (AvgIpc) is 3.41. The van der Waals surface area contributed by atoms with E-state index in [-0.39, 0.29) is 4.34 Å². The number of morpholine rings is 1. The lowest BCUT2D eigenvalue weighted by atomic mass is 10.0. The van der Waals surface area contributed by atoms with Crippen LogP contribution in [0, 0.1) is 0 Å². The number of allylic oxidation sites excluding steroid dienone is 1. The molecule has 10 heteroatoms. The summed E-state index contributed by atoms with van der Waals surface area (Å²) >= 11 is 1.08. The zero-order chi connectivity index (χ0) is 20.7. The second-order valence-corrected chi connectivity index (χ2v) is 10.3. The van der Waals surface area contributed by atoms with Gasteiger partial charge in [-0.05, 0) is 29.7 Å². The van der Waals surface area contributed by atoms with Gasteiger partial charge in [-0.25, -0.2) is 18.4 Å². The number of nitrogens with zero attached hydrogens (tertiary/aromatic N) is 5. The summed E-state index contributed by atoms with van der Waals surface area (Å²) in [4.78, 5) is 11.5. The van der Waals surface area contributed by atoms with E-state index in [0.717, 1.165) is 59.6 Å². The van der Waals surface area contributed by atoms with Crippen LogP contribution in [0.25, 0.3) is 16.1 Å². The van der Waals surface area contributed by atoms with Crippen LogP contribution in [-0.4, -0.2) is 61.1 Å². The normalized spacial score (nSPS) is 16.4. The third-order valence-corrected chi connectivity index (χ3v) is 7.75. The van der Waals surface area contributed by atoms with Crippen molar-refractivity contribution in [2.24, 2.45) is 0 Å². The van der Waals surface area contributed by atoms with Gasteiger partial charge in [0, 0.05) is 36.7 Å². The number of hydrogen-bond acceptors (Lipinski definition) is 9. The van der Waals surface area contributed by atoms with Crippen LogP contribution in [-0.2, 0) is 21.0 Å². The maximum absolute atomic E-state index is 11.7. The zero-order valence-corrected chi connectivity index (χ0v) is 17.9. The summed E-state index contributed by atoms with van der Waals surface area (Å²) in [6.07, 6.45) is 5.87. The van der Waals surface area contributed by atoms with E-state index in [2.05, 4.69) is 26.2 Å². The van der Waals surface area contributed by atoms with Crippen LogP contribution < -0.4 is 4.90 Å². The van der Waals surface area contributed by atoms with Crippen molar-refractivity contribution < 1.29 is 13.2 Å². The fraction of sp³-hybridized carbons (Fsp3) is 0.300. The Morgan fingerprint density at radius 2 is 1.97 bits per heavy atom. The van der Waals surface area contributed by atoms with Crippen LogP contribution in [0.4, 0.5) is 5.82 Å². The quantitative estimate of drug-likeness (QED) is 0.608. The maximum atomic E-state index is 11.7. The lowest BCUT2D eigenvalue weighted by molar-refractivity contribution is 0.122. The number of benzene rings is 1. The fourth-order valence-electron chi connectivity index (χ4n) is 3.60. The minimum Gasteiger partial charge on any atom is -0.378 e. The summed E-state index contributed by atoms with van der Waals surface area (Å²) in [6.45, 7) is 3.03.